The van der Waals surface area contributed by atoms with E-state index in [0.717, 1.165) is 26.1 Å². The predicted molar refractivity (Wildman–Crippen MR) is 64.4 cm³/mol. The minimum absolute atomic E-state index is 0.369. The Morgan fingerprint density at radius 2 is 2.12 bits per heavy atom. The van der Waals surface area contributed by atoms with Crippen molar-refractivity contribution in [2.24, 2.45) is 0 Å². The van der Waals surface area contributed by atoms with Gasteiger partial charge in [-0.2, -0.15) is 0 Å². The topological polar surface area (TPSA) is 25.4 Å². The molecule has 0 amide bonds. The predicted octanol–water partition coefficient (Wildman–Crippen LogP) is 1.73. The first kappa shape index (κ1) is 11.6. The average molecular weight is 220 g/mol. The Morgan fingerprint density at radius 3 is 2.88 bits per heavy atom. The molecule has 1 aromatic heterocycles. The second-order valence-electron chi connectivity index (χ2n) is 4.59. The lowest BCUT2D eigenvalue weighted by Crippen LogP contribution is -2.47. The summed E-state index contributed by atoms with van der Waals surface area (Å²) in [4.78, 5) is 6.54. The van der Waals surface area contributed by atoms with Gasteiger partial charge in [0.15, 0.2) is 0 Å². The molecule has 2 rings (SSSR count). The molecule has 0 saturated carbocycles. The van der Waals surface area contributed by atoms with Crippen LogP contribution >= 0.6 is 0 Å². The first-order valence-corrected chi connectivity index (χ1v) is 6.00. The van der Waals surface area contributed by atoms with Crippen LogP contribution in [0.1, 0.15) is 19.4 Å². The first-order chi connectivity index (χ1) is 7.75. The Kier molecular flexibility index (Phi) is 3.91. The van der Waals surface area contributed by atoms with Gasteiger partial charge in [-0.1, -0.05) is 0 Å². The highest BCUT2D eigenvalue weighted by atomic mass is 16.5. The Morgan fingerprint density at radius 1 is 1.38 bits per heavy atom. The molecule has 0 unspecified atom stereocenters. The SMILES string of the molecule is C[C@@H]1CO[C@@H](C)CN1CCc1ccncc1. The third kappa shape index (κ3) is 3.03. The standard InChI is InChI=1S/C13H20N2O/c1-11-10-16-12(2)9-15(11)8-5-13-3-6-14-7-4-13/h3-4,6-7,11-12H,5,8-10H2,1-2H3/t11-,12+/m1/s1. The summed E-state index contributed by atoms with van der Waals surface area (Å²) in [5, 5.41) is 0. The van der Waals surface area contributed by atoms with E-state index in [0.29, 0.717) is 12.1 Å². The molecule has 3 nitrogen and oxygen atoms in total. The highest BCUT2D eigenvalue weighted by Crippen LogP contribution is 2.12. The average Bonchev–Trinajstić information content (AvgIpc) is 2.32. The highest BCUT2D eigenvalue weighted by Gasteiger charge is 2.22. The van der Waals surface area contributed by atoms with Crippen LogP contribution in [0.15, 0.2) is 24.5 Å². The molecular formula is C13H20N2O. The van der Waals surface area contributed by atoms with E-state index in [1.54, 1.807) is 0 Å². The molecule has 0 radical (unpaired) electrons. The fourth-order valence-electron chi connectivity index (χ4n) is 2.11. The lowest BCUT2D eigenvalue weighted by atomic mass is 10.1. The van der Waals surface area contributed by atoms with Gasteiger partial charge in [0.25, 0.3) is 0 Å². The van der Waals surface area contributed by atoms with Crippen molar-refractivity contribution in [1.29, 1.82) is 0 Å². The van der Waals surface area contributed by atoms with Crippen LogP contribution in [-0.4, -0.2) is 41.7 Å². The number of pyridine rings is 1. The summed E-state index contributed by atoms with van der Waals surface area (Å²) in [6, 6.07) is 4.72. The summed E-state index contributed by atoms with van der Waals surface area (Å²) in [5.74, 6) is 0. The number of hydrogen-bond acceptors (Lipinski definition) is 3. The van der Waals surface area contributed by atoms with Crippen molar-refractivity contribution in [3.63, 3.8) is 0 Å². The number of rotatable bonds is 3. The molecule has 2 atom stereocenters. The van der Waals surface area contributed by atoms with Crippen LogP contribution in [0.5, 0.6) is 0 Å². The lowest BCUT2D eigenvalue weighted by molar-refractivity contribution is -0.0487. The summed E-state index contributed by atoms with van der Waals surface area (Å²) in [6.07, 6.45) is 5.19. The van der Waals surface area contributed by atoms with Crippen LogP contribution in [0.25, 0.3) is 0 Å². The fourth-order valence-corrected chi connectivity index (χ4v) is 2.11. The molecule has 1 fully saturated rings. The third-order valence-corrected chi connectivity index (χ3v) is 3.17. The maximum atomic E-state index is 5.62. The molecule has 88 valence electrons. The van der Waals surface area contributed by atoms with Crippen molar-refractivity contribution >= 4 is 0 Å². The molecular weight excluding hydrogens is 200 g/mol. The van der Waals surface area contributed by atoms with E-state index in [1.165, 1.54) is 5.56 Å². The van der Waals surface area contributed by atoms with Crippen LogP contribution < -0.4 is 0 Å². The van der Waals surface area contributed by atoms with E-state index in [9.17, 15) is 0 Å². The molecule has 1 aliphatic heterocycles. The molecule has 0 aromatic carbocycles. The molecule has 3 heteroatoms. The molecule has 0 spiro atoms. The van der Waals surface area contributed by atoms with E-state index < -0.39 is 0 Å². The molecule has 0 bridgehead atoms. The Bertz CT molecular complexity index is 315. The van der Waals surface area contributed by atoms with Gasteiger partial charge in [-0.15, -0.1) is 0 Å². The highest BCUT2D eigenvalue weighted by molar-refractivity contribution is 5.10. The van der Waals surface area contributed by atoms with Gasteiger partial charge < -0.3 is 4.74 Å². The normalized spacial score (nSPS) is 26.9. The van der Waals surface area contributed by atoms with Gasteiger partial charge in [0.1, 0.15) is 0 Å². The maximum absolute atomic E-state index is 5.62. The molecule has 2 heterocycles. The first-order valence-electron chi connectivity index (χ1n) is 6.00. The molecule has 1 aromatic rings. The fraction of sp³-hybridized carbons (Fsp3) is 0.615. The van der Waals surface area contributed by atoms with Crippen LogP contribution in [0, 0.1) is 0 Å². The minimum Gasteiger partial charge on any atom is -0.376 e. The van der Waals surface area contributed by atoms with E-state index in [2.05, 4.69) is 35.9 Å². The number of ether oxygens (including phenoxy) is 1. The summed E-state index contributed by atoms with van der Waals surface area (Å²) in [5.41, 5.74) is 1.36. The monoisotopic (exact) mass is 220 g/mol. The minimum atomic E-state index is 0.369. The van der Waals surface area contributed by atoms with Gasteiger partial charge in [-0.25, -0.2) is 0 Å². The molecule has 0 aliphatic carbocycles. The zero-order valence-electron chi connectivity index (χ0n) is 10.1. The Balaban J connectivity index is 1.85. The molecule has 1 saturated heterocycles. The van der Waals surface area contributed by atoms with Gasteiger partial charge in [-0.05, 0) is 38.0 Å². The second-order valence-corrected chi connectivity index (χ2v) is 4.59. The third-order valence-electron chi connectivity index (χ3n) is 3.17. The van der Waals surface area contributed by atoms with Gasteiger partial charge in [0.05, 0.1) is 12.7 Å². The summed E-state index contributed by atoms with van der Waals surface area (Å²) < 4.78 is 5.62. The van der Waals surface area contributed by atoms with Gasteiger partial charge in [-0.3, -0.25) is 9.88 Å². The van der Waals surface area contributed by atoms with Crippen LogP contribution in [-0.2, 0) is 11.2 Å². The van der Waals surface area contributed by atoms with E-state index >= 15 is 0 Å². The van der Waals surface area contributed by atoms with Crippen molar-refractivity contribution in [3.05, 3.63) is 30.1 Å². The maximum Gasteiger partial charge on any atom is 0.0674 e. The van der Waals surface area contributed by atoms with Gasteiger partial charge in [0.2, 0.25) is 0 Å². The van der Waals surface area contributed by atoms with Crippen LogP contribution in [0.4, 0.5) is 0 Å². The van der Waals surface area contributed by atoms with Gasteiger partial charge >= 0.3 is 0 Å². The van der Waals surface area contributed by atoms with Crippen molar-refractivity contribution in [2.45, 2.75) is 32.4 Å². The molecule has 1 aliphatic rings. The van der Waals surface area contributed by atoms with Crippen molar-refractivity contribution in [2.75, 3.05) is 19.7 Å². The Hall–Kier alpha value is -0.930. The van der Waals surface area contributed by atoms with Gasteiger partial charge in [0, 0.05) is 31.5 Å². The molecule has 0 N–H and O–H groups in total. The number of morpholine rings is 1. The number of hydrogen-bond donors (Lipinski definition) is 0. The summed E-state index contributed by atoms with van der Waals surface area (Å²) in [7, 11) is 0. The second kappa shape index (κ2) is 5.41. The van der Waals surface area contributed by atoms with E-state index in [1.807, 2.05) is 12.4 Å². The van der Waals surface area contributed by atoms with Crippen LogP contribution in [0.2, 0.25) is 0 Å². The van der Waals surface area contributed by atoms with Crippen molar-refractivity contribution in [1.82, 2.24) is 9.88 Å². The smallest absolute Gasteiger partial charge is 0.0674 e. The zero-order valence-corrected chi connectivity index (χ0v) is 10.1. The summed E-state index contributed by atoms with van der Waals surface area (Å²) >= 11 is 0. The quantitative estimate of drug-likeness (QED) is 0.775. The van der Waals surface area contributed by atoms with Crippen molar-refractivity contribution < 1.29 is 4.74 Å². The zero-order chi connectivity index (χ0) is 11.4. The Labute approximate surface area is 97.4 Å². The number of nitrogens with zero attached hydrogens (tertiary/aromatic N) is 2. The number of aromatic nitrogens is 1. The lowest BCUT2D eigenvalue weighted by Gasteiger charge is -2.36. The summed E-state index contributed by atoms with van der Waals surface area (Å²) in [6.45, 7) is 7.40. The van der Waals surface area contributed by atoms with Crippen molar-refractivity contribution in [3.8, 4) is 0 Å². The van der Waals surface area contributed by atoms with Crippen LogP contribution in [0.3, 0.4) is 0 Å². The van der Waals surface area contributed by atoms with E-state index in [-0.39, 0.29) is 0 Å². The largest absolute Gasteiger partial charge is 0.376 e. The van der Waals surface area contributed by atoms with E-state index in [4.69, 9.17) is 4.74 Å². The molecule has 16 heavy (non-hydrogen) atoms.